The molecule has 0 fully saturated rings. The number of hydrogen-bond acceptors (Lipinski definition) is 11. The number of hydrogen-bond donors (Lipinski definition) is 7. The van der Waals surface area contributed by atoms with E-state index < -0.39 is 30.2 Å². The molecule has 0 aliphatic heterocycles. The highest BCUT2D eigenvalue weighted by Gasteiger charge is 2.25. The zero-order chi connectivity index (χ0) is 23.2. The molecule has 1 heterocycles. The van der Waals surface area contributed by atoms with Crippen LogP contribution < -0.4 is 20.5 Å². The quantitative estimate of drug-likeness (QED) is 0.122. The Morgan fingerprint density at radius 1 is 1.26 bits per heavy atom. The molecule has 0 aromatic carbocycles. The fraction of sp³-hybridized carbons (Fsp3) is 0.778. The number of carboxylic acids is 1. The van der Waals surface area contributed by atoms with Crippen molar-refractivity contribution < 1.29 is 29.4 Å². The van der Waals surface area contributed by atoms with Gasteiger partial charge in [-0.05, 0) is 19.8 Å². The molecule has 0 aliphatic rings. The number of amides is 1. The third-order valence-corrected chi connectivity index (χ3v) is 5.21. The third kappa shape index (κ3) is 10.4. The molecule has 0 aliphatic carbocycles. The molecule has 0 radical (unpaired) electrons. The van der Waals surface area contributed by atoms with Crippen LogP contribution in [0.3, 0.4) is 0 Å². The van der Waals surface area contributed by atoms with Crippen molar-refractivity contribution in [2.45, 2.75) is 76.6 Å². The minimum Gasteiger partial charge on any atom is -0.480 e. The minimum atomic E-state index is -1.21. The van der Waals surface area contributed by atoms with Gasteiger partial charge in [-0.2, -0.15) is 4.98 Å². The summed E-state index contributed by atoms with van der Waals surface area (Å²) in [4.78, 5) is 27.5. The fourth-order valence-electron chi connectivity index (χ4n) is 2.52. The molecule has 178 valence electrons. The van der Waals surface area contributed by atoms with Crippen LogP contribution in [-0.4, -0.2) is 62.6 Å². The van der Waals surface area contributed by atoms with Gasteiger partial charge in [-0.3, -0.25) is 9.59 Å². The summed E-state index contributed by atoms with van der Waals surface area (Å²) >= 11 is 0.842. The number of aromatic nitrogens is 2. The van der Waals surface area contributed by atoms with Crippen LogP contribution in [0.5, 0.6) is 0 Å². The predicted molar refractivity (Wildman–Crippen MR) is 114 cm³/mol. The van der Waals surface area contributed by atoms with Gasteiger partial charge in [0, 0.05) is 25.1 Å². The lowest BCUT2D eigenvalue weighted by Gasteiger charge is -2.19. The zero-order valence-electron chi connectivity index (χ0n) is 17.9. The number of unbranched alkanes of at least 4 members (excludes halogenated alkanes) is 3. The van der Waals surface area contributed by atoms with Gasteiger partial charge in [-0.15, -0.1) is 0 Å². The lowest BCUT2D eigenvalue weighted by Crippen LogP contribution is -2.42. The van der Waals surface area contributed by atoms with Crippen molar-refractivity contribution in [3.63, 3.8) is 0 Å². The van der Waals surface area contributed by atoms with E-state index in [0.29, 0.717) is 6.54 Å². The lowest BCUT2D eigenvalue weighted by atomic mass is 10.1. The van der Waals surface area contributed by atoms with Crippen molar-refractivity contribution in [2.75, 3.05) is 13.2 Å². The molecule has 1 aromatic heterocycles. The van der Waals surface area contributed by atoms with Gasteiger partial charge in [0.15, 0.2) is 5.82 Å². The minimum absolute atomic E-state index is 0.120. The summed E-state index contributed by atoms with van der Waals surface area (Å²) in [5.74, 6) is -1.07. The largest absolute Gasteiger partial charge is 0.480 e. The summed E-state index contributed by atoms with van der Waals surface area (Å²) in [7, 11) is 0. The Kier molecular flexibility index (Phi) is 13.3. The molecule has 0 saturated heterocycles. The summed E-state index contributed by atoms with van der Waals surface area (Å²) in [5, 5.41) is 34.4. The van der Waals surface area contributed by atoms with Gasteiger partial charge in [0.05, 0.1) is 24.8 Å². The molecule has 4 atom stereocenters. The van der Waals surface area contributed by atoms with E-state index in [1.54, 1.807) is 0 Å². The van der Waals surface area contributed by atoms with Crippen molar-refractivity contribution in [1.82, 2.24) is 24.9 Å². The molecule has 31 heavy (non-hydrogen) atoms. The van der Waals surface area contributed by atoms with E-state index in [0.717, 1.165) is 37.8 Å². The molecule has 1 rings (SSSR count). The van der Waals surface area contributed by atoms with E-state index in [1.165, 1.54) is 6.92 Å². The average Bonchev–Trinajstić information content (AvgIpc) is 3.21. The van der Waals surface area contributed by atoms with Crippen LogP contribution in [0.2, 0.25) is 0 Å². The number of aliphatic hydroxyl groups excluding tert-OH is 2. The Bertz CT molecular complexity index is 661. The molecule has 0 spiro atoms. The van der Waals surface area contributed by atoms with Crippen LogP contribution >= 0.6 is 12.1 Å². The normalized spacial score (nSPS) is 15.3. The van der Waals surface area contributed by atoms with E-state index in [4.69, 9.17) is 20.5 Å². The summed E-state index contributed by atoms with van der Waals surface area (Å²) in [5.41, 5.74) is 5.70. The topological polar surface area (TPSA) is 196 Å². The Hall–Kier alpha value is -1.77. The first-order chi connectivity index (χ1) is 14.8. The number of aliphatic hydroxyl groups is 2. The van der Waals surface area contributed by atoms with Crippen molar-refractivity contribution >= 4 is 24.0 Å². The Morgan fingerprint density at radius 2 is 2.00 bits per heavy atom. The maximum absolute atomic E-state index is 12.1. The molecule has 1 aromatic rings. The molecular weight excluding hydrogens is 428 g/mol. The smallest absolute Gasteiger partial charge is 0.324 e. The van der Waals surface area contributed by atoms with Crippen LogP contribution in [-0.2, 0) is 9.59 Å². The molecular formula is C18H34N6O6S. The zero-order valence-corrected chi connectivity index (χ0v) is 18.7. The maximum atomic E-state index is 12.1. The number of rotatable bonds is 17. The number of carbonyl (C=O) groups excluding carboxylic acids is 1. The summed E-state index contributed by atoms with van der Waals surface area (Å²) < 4.78 is 10.7. The average molecular weight is 463 g/mol. The van der Waals surface area contributed by atoms with Gasteiger partial charge >= 0.3 is 5.97 Å². The highest BCUT2D eigenvalue weighted by atomic mass is 32.2. The van der Waals surface area contributed by atoms with E-state index in [-0.39, 0.29) is 37.1 Å². The predicted octanol–water partition coefficient (Wildman–Crippen LogP) is 0.156. The van der Waals surface area contributed by atoms with Crippen LogP contribution in [0.4, 0.5) is 0 Å². The molecule has 13 heteroatoms. The van der Waals surface area contributed by atoms with Crippen molar-refractivity contribution in [3.8, 4) is 0 Å². The second-order valence-corrected chi connectivity index (χ2v) is 7.85. The Balaban J connectivity index is 2.67. The number of nitrogens with one attached hydrogen (secondary N) is 3. The first-order valence-corrected chi connectivity index (χ1v) is 11.2. The Labute approximate surface area is 186 Å². The molecule has 1 amide bonds. The van der Waals surface area contributed by atoms with Gasteiger partial charge < -0.3 is 30.9 Å². The second kappa shape index (κ2) is 15.1. The third-order valence-electron chi connectivity index (χ3n) is 4.43. The Morgan fingerprint density at radius 3 is 2.61 bits per heavy atom. The van der Waals surface area contributed by atoms with Gasteiger partial charge in [0.2, 0.25) is 11.8 Å². The summed E-state index contributed by atoms with van der Waals surface area (Å²) in [6.07, 6.45) is 3.58. The van der Waals surface area contributed by atoms with Gasteiger partial charge in [-0.1, -0.05) is 31.3 Å². The molecule has 4 unspecified atom stereocenters. The number of carbonyl (C=O) groups is 2. The molecule has 0 saturated carbocycles. The van der Waals surface area contributed by atoms with E-state index >= 15 is 0 Å². The SMILES string of the molecule is CCCCCCNC(=O)CCC(NSNC(C(=O)O)C(C)O)c1nc(C(N)CO)no1. The number of nitrogens with zero attached hydrogens (tertiary/aromatic N) is 2. The fourth-order valence-corrected chi connectivity index (χ4v) is 3.37. The number of nitrogens with two attached hydrogens (primary N) is 1. The van der Waals surface area contributed by atoms with E-state index in [1.807, 2.05) is 0 Å². The highest BCUT2D eigenvalue weighted by molar-refractivity contribution is 7.95. The molecule has 8 N–H and O–H groups in total. The maximum Gasteiger partial charge on any atom is 0.324 e. The van der Waals surface area contributed by atoms with Crippen LogP contribution in [0, 0.1) is 0 Å². The van der Waals surface area contributed by atoms with Crippen molar-refractivity contribution in [3.05, 3.63) is 11.7 Å². The van der Waals surface area contributed by atoms with Crippen LogP contribution in [0.25, 0.3) is 0 Å². The van der Waals surface area contributed by atoms with Crippen LogP contribution in [0.15, 0.2) is 4.52 Å². The molecule has 12 nitrogen and oxygen atoms in total. The standard InChI is InChI=1S/C18H34N6O6S/c1-3-4-5-6-9-20-14(27)8-7-13(17-21-16(22-30-17)12(19)10-25)23-31-24-15(11(2)26)18(28)29/h11-13,15,23-26H,3-10,19H2,1-2H3,(H,20,27)(H,28,29). The van der Waals surface area contributed by atoms with Gasteiger partial charge in [0.25, 0.3) is 0 Å². The summed E-state index contributed by atoms with van der Waals surface area (Å²) in [6, 6.07) is -2.61. The summed E-state index contributed by atoms with van der Waals surface area (Å²) in [6.45, 7) is 3.73. The van der Waals surface area contributed by atoms with E-state index in [2.05, 4.69) is 31.8 Å². The lowest BCUT2D eigenvalue weighted by molar-refractivity contribution is -0.141. The molecule has 0 bridgehead atoms. The second-order valence-electron chi connectivity index (χ2n) is 7.18. The number of carboxylic acid groups (broad SMARTS) is 1. The highest BCUT2D eigenvalue weighted by Crippen LogP contribution is 2.20. The first kappa shape index (κ1) is 27.3. The first-order valence-electron chi connectivity index (χ1n) is 10.3. The van der Waals surface area contributed by atoms with Crippen molar-refractivity contribution in [1.29, 1.82) is 0 Å². The number of aliphatic carboxylic acids is 1. The van der Waals surface area contributed by atoms with Crippen LogP contribution in [0.1, 0.15) is 76.2 Å². The van der Waals surface area contributed by atoms with Gasteiger partial charge in [-0.25, -0.2) is 9.44 Å². The van der Waals surface area contributed by atoms with Gasteiger partial charge in [0.1, 0.15) is 6.04 Å². The van der Waals surface area contributed by atoms with Crippen molar-refractivity contribution in [2.24, 2.45) is 5.73 Å². The monoisotopic (exact) mass is 462 g/mol. The van der Waals surface area contributed by atoms with E-state index in [9.17, 15) is 14.7 Å².